The maximum Gasteiger partial charge on any atom is 0.165 e. The monoisotopic (exact) mass is 288 g/mol. The Kier molecular flexibility index (Phi) is 3.96. The van der Waals surface area contributed by atoms with Crippen molar-refractivity contribution in [3.63, 3.8) is 0 Å². The minimum atomic E-state index is 0.109. The van der Waals surface area contributed by atoms with Gasteiger partial charge in [0.25, 0.3) is 0 Å². The molecule has 0 saturated carbocycles. The zero-order chi connectivity index (χ0) is 15.0. The molecule has 3 nitrogen and oxygen atoms in total. The van der Waals surface area contributed by atoms with Crippen LogP contribution >= 0.6 is 0 Å². The van der Waals surface area contributed by atoms with Crippen molar-refractivity contribution >= 4 is 5.78 Å². The number of Topliss-reactive ketones (excluding diaryl/α,β-unsaturated/α-hetero) is 1. The van der Waals surface area contributed by atoms with E-state index in [2.05, 4.69) is 36.3 Å². The van der Waals surface area contributed by atoms with Gasteiger partial charge in [0.05, 0.1) is 0 Å². The summed E-state index contributed by atoms with van der Waals surface area (Å²) in [5.41, 5.74) is 3.64. The van der Waals surface area contributed by atoms with Crippen molar-refractivity contribution in [3.05, 3.63) is 23.0 Å². The molecule has 0 atom stereocenters. The highest BCUT2D eigenvalue weighted by molar-refractivity contribution is 5.99. The van der Waals surface area contributed by atoms with Crippen molar-refractivity contribution in [3.8, 4) is 0 Å². The number of carbonyl (C=O) groups excluding carboxylic acids is 1. The molecule has 1 aromatic heterocycles. The van der Waals surface area contributed by atoms with Crippen LogP contribution in [0.3, 0.4) is 0 Å². The second-order valence-corrected chi connectivity index (χ2v) is 7.64. The zero-order valence-electron chi connectivity index (χ0n) is 13.7. The van der Waals surface area contributed by atoms with E-state index >= 15 is 0 Å². The molecule has 3 rings (SSSR count). The number of fused-ring (bicyclic) bond motifs is 1. The quantitative estimate of drug-likeness (QED) is 0.851. The molecule has 0 aromatic carbocycles. The normalized spacial score (nSPS) is 22.3. The summed E-state index contributed by atoms with van der Waals surface area (Å²) in [6, 6.07) is 2.11. The second kappa shape index (κ2) is 5.60. The Bertz CT molecular complexity index is 536. The summed E-state index contributed by atoms with van der Waals surface area (Å²) >= 11 is 0. The largest absolute Gasteiger partial charge is 0.347 e. The molecule has 0 radical (unpaired) electrons. The highest BCUT2D eigenvalue weighted by Crippen LogP contribution is 2.36. The molecule has 1 aromatic rings. The van der Waals surface area contributed by atoms with Gasteiger partial charge in [0.1, 0.15) is 0 Å². The lowest BCUT2D eigenvalue weighted by Gasteiger charge is -2.31. The third kappa shape index (κ3) is 3.08. The summed E-state index contributed by atoms with van der Waals surface area (Å²) in [5, 5.41) is 0. The molecule has 1 aliphatic heterocycles. The first-order chi connectivity index (χ1) is 9.96. The number of nitrogens with zero attached hydrogens (tertiary/aromatic N) is 2. The standard InChI is InChI=1S/C18H28N2O/c1-14-11-15-16(12-18(2,3)13-17(15)21)20(14)10-9-19-7-5-4-6-8-19/h11H,4-10,12-13H2,1-3H3. The average molecular weight is 288 g/mol. The molecule has 3 heteroatoms. The minimum Gasteiger partial charge on any atom is -0.347 e. The molecular weight excluding hydrogens is 260 g/mol. The van der Waals surface area contributed by atoms with E-state index in [1.54, 1.807) is 0 Å². The molecule has 0 spiro atoms. The Balaban J connectivity index is 1.78. The van der Waals surface area contributed by atoms with Crippen LogP contribution < -0.4 is 0 Å². The van der Waals surface area contributed by atoms with Gasteiger partial charge in [-0.25, -0.2) is 0 Å². The third-order valence-corrected chi connectivity index (χ3v) is 5.09. The molecule has 0 amide bonds. The number of piperidine rings is 1. The molecular formula is C18H28N2O. The number of hydrogen-bond acceptors (Lipinski definition) is 2. The van der Waals surface area contributed by atoms with Crippen molar-refractivity contribution in [1.82, 2.24) is 9.47 Å². The first kappa shape index (κ1) is 14.8. The maximum absolute atomic E-state index is 12.3. The number of aromatic nitrogens is 1. The van der Waals surface area contributed by atoms with Gasteiger partial charge in [0.2, 0.25) is 0 Å². The predicted molar refractivity (Wildman–Crippen MR) is 85.9 cm³/mol. The van der Waals surface area contributed by atoms with Crippen LogP contribution in [0, 0.1) is 12.3 Å². The van der Waals surface area contributed by atoms with E-state index in [-0.39, 0.29) is 5.41 Å². The predicted octanol–water partition coefficient (Wildman–Crippen LogP) is 3.44. The van der Waals surface area contributed by atoms with Gasteiger partial charge in [-0.05, 0) is 50.8 Å². The highest BCUT2D eigenvalue weighted by atomic mass is 16.1. The first-order valence-corrected chi connectivity index (χ1v) is 8.41. The van der Waals surface area contributed by atoms with Crippen molar-refractivity contribution in [1.29, 1.82) is 0 Å². The van der Waals surface area contributed by atoms with Crippen LogP contribution in [0.5, 0.6) is 0 Å². The summed E-state index contributed by atoms with van der Waals surface area (Å²) < 4.78 is 2.41. The fourth-order valence-corrected chi connectivity index (χ4v) is 3.94. The summed E-state index contributed by atoms with van der Waals surface area (Å²) in [6.45, 7) is 11.2. The first-order valence-electron chi connectivity index (χ1n) is 8.41. The van der Waals surface area contributed by atoms with Crippen molar-refractivity contribution in [2.24, 2.45) is 5.41 Å². The topological polar surface area (TPSA) is 25.2 Å². The van der Waals surface area contributed by atoms with Gasteiger partial charge in [0, 0.05) is 36.5 Å². The molecule has 1 saturated heterocycles. The van der Waals surface area contributed by atoms with E-state index in [9.17, 15) is 4.79 Å². The van der Waals surface area contributed by atoms with Crippen molar-refractivity contribution in [2.75, 3.05) is 19.6 Å². The maximum atomic E-state index is 12.3. The van der Waals surface area contributed by atoms with Crippen molar-refractivity contribution < 1.29 is 4.79 Å². The molecule has 2 heterocycles. The lowest BCUT2D eigenvalue weighted by atomic mass is 9.76. The van der Waals surface area contributed by atoms with Crippen LogP contribution in [-0.4, -0.2) is 34.9 Å². The van der Waals surface area contributed by atoms with Gasteiger partial charge in [-0.3, -0.25) is 4.79 Å². The molecule has 0 bridgehead atoms. The summed E-state index contributed by atoms with van der Waals surface area (Å²) in [4.78, 5) is 14.9. The van der Waals surface area contributed by atoms with E-state index in [4.69, 9.17) is 0 Å². The van der Waals surface area contributed by atoms with Gasteiger partial charge in [-0.1, -0.05) is 20.3 Å². The molecule has 0 N–H and O–H groups in total. The van der Waals surface area contributed by atoms with Crippen LogP contribution in [0.2, 0.25) is 0 Å². The lowest BCUT2D eigenvalue weighted by molar-refractivity contribution is 0.0909. The zero-order valence-corrected chi connectivity index (χ0v) is 13.7. The minimum absolute atomic E-state index is 0.109. The Morgan fingerprint density at radius 2 is 1.81 bits per heavy atom. The Morgan fingerprint density at radius 3 is 2.52 bits per heavy atom. The van der Waals surface area contributed by atoms with Crippen LogP contribution in [-0.2, 0) is 13.0 Å². The fourth-order valence-electron chi connectivity index (χ4n) is 3.94. The van der Waals surface area contributed by atoms with Gasteiger partial charge >= 0.3 is 0 Å². The fraction of sp³-hybridized carbons (Fsp3) is 0.722. The Labute approximate surface area is 128 Å². The van der Waals surface area contributed by atoms with E-state index in [0.29, 0.717) is 12.2 Å². The smallest absolute Gasteiger partial charge is 0.165 e. The van der Waals surface area contributed by atoms with E-state index in [1.165, 1.54) is 43.7 Å². The summed E-state index contributed by atoms with van der Waals surface area (Å²) in [6.07, 6.45) is 5.79. The third-order valence-electron chi connectivity index (χ3n) is 5.09. The Morgan fingerprint density at radius 1 is 1.10 bits per heavy atom. The van der Waals surface area contributed by atoms with Gasteiger partial charge in [-0.2, -0.15) is 0 Å². The van der Waals surface area contributed by atoms with Gasteiger partial charge < -0.3 is 9.47 Å². The number of carbonyl (C=O) groups is 1. The van der Waals surface area contributed by atoms with Crippen LogP contribution in [0.4, 0.5) is 0 Å². The molecule has 2 aliphatic rings. The van der Waals surface area contributed by atoms with Crippen LogP contribution in [0.25, 0.3) is 0 Å². The molecule has 0 unspecified atom stereocenters. The number of rotatable bonds is 3. The van der Waals surface area contributed by atoms with Gasteiger partial charge in [0.15, 0.2) is 5.78 Å². The highest BCUT2D eigenvalue weighted by Gasteiger charge is 2.33. The van der Waals surface area contributed by atoms with E-state index in [1.807, 2.05) is 0 Å². The van der Waals surface area contributed by atoms with Gasteiger partial charge in [-0.15, -0.1) is 0 Å². The molecule has 21 heavy (non-hydrogen) atoms. The molecule has 116 valence electrons. The van der Waals surface area contributed by atoms with Crippen LogP contribution in [0.15, 0.2) is 6.07 Å². The van der Waals surface area contributed by atoms with Crippen molar-refractivity contribution in [2.45, 2.75) is 59.4 Å². The second-order valence-electron chi connectivity index (χ2n) is 7.64. The summed E-state index contributed by atoms with van der Waals surface area (Å²) in [5.74, 6) is 0.334. The van der Waals surface area contributed by atoms with E-state index < -0.39 is 0 Å². The molecule has 1 fully saturated rings. The van der Waals surface area contributed by atoms with Crippen LogP contribution in [0.1, 0.15) is 61.3 Å². The lowest BCUT2D eigenvalue weighted by Crippen LogP contribution is -2.34. The number of ketones is 1. The Hall–Kier alpha value is -1.09. The van der Waals surface area contributed by atoms with E-state index in [0.717, 1.165) is 25.1 Å². The average Bonchev–Trinajstić information content (AvgIpc) is 2.73. The SMILES string of the molecule is Cc1cc2c(n1CCN1CCCCC1)CC(C)(C)CC2=O. The number of hydrogen-bond donors (Lipinski definition) is 0. The molecule has 1 aliphatic carbocycles. The summed E-state index contributed by atoms with van der Waals surface area (Å²) in [7, 11) is 0. The number of aryl methyl sites for hydroxylation is 1. The number of likely N-dealkylation sites (tertiary alicyclic amines) is 1.